The molecule has 0 bridgehead atoms. The molecular formula is C23H30F6. The molecule has 0 atom stereocenters. The van der Waals surface area contributed by atoms with Gasteiger partial charge in [0, 0.05) is 0 Å². The van der Waals surface area contributed by atoms with Crippen molar-refractivity contribution in [2.45, 2.75) is 82.5 Å². The lowest BCUT2D eigenvalue weighted by Gasteiger charge is -2.38. The summed E-state index contributed by atoms with van der Waals surface area (Å²) in [5.41, 5.74) is -0.598. The Kier molecular flexibility index (Phi) is 7.55. The van der Waals surface area contributed by atoms with Crippen LogP contribution in [0.2, 0.25) is 0 Å². The second-order valence-electron chi connectivity index (χ2n) is 8.89. The molecule has 6 heteroatoms. The number of rotatable bonds is 7. The molecule has 3 rings (SSSR count). The number of halogens is 6. The summed E-state index contributed by atoms with van der Waals surface area (Å²) in [5, 5.41) is 0. The van der Waals surface area contributed by atoms with Crippen LogP contribution in [0.4, 0.5) is 26.3 Å². The zero-order valence-corrected chi connectivity index (χ0v) is 16.7. The van der Waals surface area contributed by atoms with Crippen LogP contribution in [0.15, 0.2) is 18.2 Å². The lowest BCUT2D eigenvalue weighted by atomic mass is 9.68. The van der Waals surface area contributed by atoms with Gasteiger partial charge >= 0.3 is 12.3 Å². The summed E-state index contributed by atoms with van der Waals surface area (Å²) < 4.78 is 78.4. The number of alkyl halides is 5. The molecule has 0 amide bonds. The van der Waals surface area contributed by atoms with Crippen molar-refractivity contribution in [1.82, 2.24) is 0 Å². The summed E-state index contributed by atoms with van der Waals surface area (Å²) in [6, 6.07) is 3.23. The Bertz CT molecular complexity index is 643. The molecule has 164 valence electrons. The van der Waals surface area contributed by atoms with Crippen molar-refractivity contribution in [1.29, 1.82) is 0 Å². The van der Waals surface area contributed by atoms with Gasteiger partial charge < -0.3 is 0 Å². The third-order valence-corrected chi connectivity index (χ3v) is 7.17. The second-order valence-corrected chi connectivity index (χ2v) is 8.89. The van der Waals surface area contributed by atoms with Gasteiger partial charge in [0.25, 0.3) is 0 Å². The van der Waals surface area contributed by atoms with Crippen LogP contribution in [0.3, 0.4) is 0 Å². The van der Waals surface area contributed by atoms with Crippen LogP contribution in [-0.2, 0) is 5.92 Å². The SMILES string of the molecule is FCCCC1CCC(C2CCC(c3ccc(C(F)(F)C(F)F)c(F)c3)CC2)CC1. The Hall–Kier alpha value is -1.20. The molecule has 0 aliphatic heterocycles. The quantitative estimate of drug-likeness (QED) is 0.392. The van der Waals surface area contributed by atoms with Crippen LogP contribution >= 0.6 is 0 Å². The van der Waals surface area contributed by atoms with Gasteiger partial charge in [0.2, 0.25) is 0 Å². The highest BCUT2D eigenvalue weighted by Gasteiger charge is 2.45. The van der Waals surface area contributed by atoms with E-state index >= 15 is 0 Å². The summed E-state index contributed by atoms with van der Waals surface area (Å²) >= 11 is 0. The molecule has 1 aromatic carbocycles. The minimum absolute atomic E-state index is 0.0934. The van der Waals surface area contributed by atoms with E-state index in [1.54, 1.807) is 0 Å². The fraction of sp³-hybridized carbons (Fsp3) is 0.739. The average Bonchev–Trinajstić information content (AvgIpc) is 2.72. The maximum Gasteiger partial charge on any atom is 0.335 e. The lowest BCUT2D eigenvalue weighted by Crippen LogP contribution is -2.26. The Labute approximate surface area is 169 Å². The van der Waals surface area contributed by atoms with Gasteiger partial charge in [0.1, 0.15) is 5.82 Å². The average molecular weight is 420 g/mol. The van der Waals surface area contributed by atoms with E-state index in [-0.39, 0.29) is 12.6 Å². The van der Waals surface area contributed by atoms with Gasteiger partial charge in [0.05, 0.1) is 12.2 Å². The van der Waals surface area contributed by atoms with Crippen molar-refractivity contribution in [3.05, 3.63) is 35.1 Å². The van der Waals surface area contributed by atoms with E-state index in [0.29, 0.717) is 29.7 Å². The van der Waals surface area contributed by atoms with Gasteiger partial charge in [-0.05, 0) is 92.7 Å². The van der Waals surface area contributed by atoms with Gasteiger partial charge in [-0.1, -0.05) is 18.9 Å². The van der Waals surface area contributed by atoms with Crippen molar-refractivity contribution in [2.75, 3.05) is 6.67 Å². The van der Waals surface area contributed by atoms with Gasteiger partial charge in [-0.3, -0.25) is 4.39 Å². The van der Waals surface area contributed by atoms with Crippen molar-refractivity contribution in [3.8, 4) is 0 Å². The number of hydrogen-bond acceptors (Lipinski definition) is 0. The molecule has 1 aromatic rings. The van der Waals surface area contributed by atoms with E-state index < -0.39 is 23.7 Å². The normalized spacial score (nSPS) is 28.7. The molecule has 2 fully saturated rings. The summed E-state index contributed by atoms with van der Waals surface area (Å²) in [6.45, 7) is -0.231. The molecule has 0 unspecified atom stereocenters. The topological polar surface area (TPSA) is 0 Å². The van der Waals surface area contributed by atoms with Crippen LogP contribution in [0, 0.1) is 23.6 Å². The summed E-state index contributed by atoms with van der Waals surface area (Å²) in [6.07, 6.45) is 6.27. The standard InChI is InChI=1S/C23H30F6/c24-13-1-2-15-3-5-16(6-4-15)17-7-9-18(10-8-17)19-11-12-20(21(25)14-19)23(28,29)22(26)27/h11-12,14-18,22H,1-10,13H2. The molecule has 2 aliphatic rings. The Morgan fingerprint density at radius 1 is 0.897 bits per heavy atom. The van der Waals surface area contributed by atoms with Gasteiger partial charge in [-0.2, -0.15) is 8.78 Å². The predicted molar refractivity (Wildman–Crippen MR) is 102 cm³/mol. The third kappa shape index (κ3) is 5.29. The first-order valence-corrected chi connectivity index (χ1v) is 10.8. The molecule has 2 saturated carbocycles. The van der Waals surface area contributed by atoms with Crippen LogP contribution < -0.4 is 0 Å². The molecule has 0 radical (unpaired) electrons. The molecule has 29 heavy (non-hydrogen) atoms. The molecule has 0 heterocycles. The van der Waals surface area contributed by atoms with Gasteiger partial charge in [-0.15, -0.1) is 0 Å². The molecular weight excluding hydrogens is 390 g/mol. The van der Waals surface area contributed by atoms with Crippen LogP contribution in [-0.4, -0.2) is 13.1 Å². The van der Waals surface area contributed by atoms with Crippen molar-refractivity contribution < 1.29 is 26.3 Å². The van der Waals surface area contributed by atoms with E-state index in [9.17, 15) is 26.3 Å². The minimum Gasteiger partial charge on any atom is -0.251 e. The first kappa shape index (κ1) is 22.5. The highest BCUT2D eigenvalue weighted by atomic mass is 19.3. The highest BCUT2D eigenvalue weighted by Crippen LogP contribution is 2.45. The Morgan fingerprint density at radius 2 is 1.48 bits per heavy atom. The maximum absolute atomic E-state index is 14.1. The first-order chi connectivity index (χ1) is 13.8. The summed E-state index contributed by atoms with van der Waals surface area (Å²) in [7, 11) is 0. The van der Waals surface area contributed by atoms with E-state index in [1.165, 1.54) is 31.7 Å². The number of hydrogen-bond donors (Lipinski definition) is 0. The predicted octanol–water partition coefficient (Wildman–Crippen LogP) is 8.01. The molecule has 0 aromatic heterocycles. The Morgan fingerprint density at radius 3 is 2.00 bits per heavy atom. The monoisotopic (exact) mass is 420 g/mol. The first-order valence-electron chi connectivity index (χ1n) is 10.8. The van der Waals surface area contributed by atoms with Crippen LogP contribution in [0.1, 0.15) is 81.3 Å². The zero-order chi connectivity index (χ0) is 21.0. The van der Waals surface area contributed by atoms with Crippen molar-refractivity contribution >= 4 is 0 Å². The Balaban J connectivity index is 1.53. The third-order valence-electron chi connectivity index (χ3n) is 7.17. The molecule has 0 N–H and O–H groups in total. The number of benzene rings is 1. The molecule has 0 spiro atoms. The smallest absolute Gasteiger partial charge is 0.251 e. The van der Waals surface area contributed by atoms with Crippen LogP contribution in [0.5, 0.6) is 0 Å². The van der Waals surface area contributed by atoms with Crippen molar-refractivity contribution in [2.24, 2.45) is 17.8 Å². The highest BCUT2D eigenvalue weighted by molar-refractivity contribution is 5.30. The van der Waals surface area contributed by atoms with E-state index in [0.717, 1.165) is 44.2 Å². The lowest BCUT2D eigenvalue weighted by molar-refractivity contribution is -0.137. The minimum atomic E-state index is -4.47. The molecule has 0 nitrogen and oxygen atoms in total. The summed E-state index contributed by atoms with van der Waals surface area (Å²) in [4.78, 5) is 0. The maximum atomic E-state index is 14.1. The summed E-state index contributed by atoms with van der Waals surface area (Å²) in [5.74, 6) is -3.63. The van der Waals surface area contributed by atoms with Crippen LogP contribution in [0.25, 0.3) is 0 Å². The fourth-order valence-corrected chi connectivity index (χ4v) is 5.41. The van der Waals surface area contributed by atoms with Gasteiger partial charge in [-0.25, -0.2) is 13.2 Å². The van der Waals surface area contributed by atoms with E-state index in [1.807, 2.05) is 0 Å². The van der Waals surface area contributed by atoms with Gasteiger partial charge in [0.15, 0.2) is 0 Å². The van der Waals surface area contributed by atoms with E-state index in [4.69, 9.17) is 0 Å². The fourth-order valence-electron chi connectivity index (χ4n) is 5.41. The molecule has 0 saturated heterocycles. The van der Waals surface area contributed by atoms with Crippen molar-refractivity contribution in [3.63, 3.8) is 0 Å². The largest absolute Gasteiger partial charge is 0.335 e. The zero-order valence-electron chi connectivity index (χ0n) is 16.7. The van der Waals surface area contributed by atoms with E-state index in [2.05, 4.69) is 0 Å². The second kappa shape index (κ2) is 9.74. The molecule has 2 aliphatic carbocycles.